The number of nitro benzene ring substituents is 2. The van der Waals surface area contributed by atoms with Crippen molar-refractivity contribution in [1.29, 1.82) is 0 Å². The highest BCUT2D eigenvalue weighted by Crippen LogP contribution is 2.24. The fourth-order valence-corrected chi connectivity index (χ4v) is 3.91. The minimum atomic E-state index is -0.761. The fraction of sp³-hybridized carbons (Fsp3) is 0. The number of nitro groups is 2. The molecule has 14 heteroatoms. The second kappa shape index (κ2) is 13.1. The van der Waals surface area contributed by atoms with Crippen molar-refractivity contribution < 1.29 is 29.0 Å². The van der Waals surface area contributed by atoms with Crippen LogP contribution in [0.1, 0.15) is 36.6 Å². The lowest BCUT2D eigenvalue weighted by molar-refractivity contribution is -0.385. The van der Waals surface area contributed by atoms with Gasteiger partial charge in [0.2, 0.25) is 0 Å². The van der Waals surface area contributed by atoms with Crippen LogP contribution in [0.2, 0.25) is 0 Å². The molecule has 42 heavy (non-hydrogen) atoms. The first-order chi connectivity index (χ1) is 20.1. The molecule has 0 bridgehead atoms. The molecule has 0 aliphatic rings. The molecule has 4 aromatic rings. The van der Waals surface area contributed by atoms with Crippen LogP contribution < -0.4 is 15.5 Å². The van der Waals surface area contributed by atoms with Gasteiger partial charge in [0, 0.05) is 39.9 Å². The average Bonchev–Trinajstić information content (AvgIpc) is 2.98. The van der Waals surface area contributed by atoms with E-state index in [1.165, 1.54) is 72.9 Å². The van der Waals surface area contributed by atoms with E-state index in [4.69, 9.17) is 4.74 Å². The molecule has 2 N–H and O–H groups in total. The smallest absolute Gasteiger partial charge is 0.343 e. The van der Waals surface area contributed by atoms with Crippen LogP contribution in [0.25, 0.3) is 0 Å². The Kier molecular flexibility index (Phi) is 9.09. The highest BCUT2D eigenvalue weighted by molar-refractivity contribution is 9.10. The summed E-state index contributed by atoms with van der Waals surface area (Å²) in [4.78, 5) is 58.7. The number of hydrogen-bond acceptors (Lipinski definition) is 9. The van der Waals surface area contributed by atoms with Gasteiger partial charge >= 0.3 is 5.97 Å². The van der Waals surface area contributed by atoms with Gasteiger partial charge in [-0.1, -0.05) is 28.1 Å². The van der Waals surface area contributed by atoms with Crippen LogP contribution in [0.4, 0.5) is 17.1 Å². The lowest BCUT2D eigenvalue weighted by Gasteiger charge is -2.10. The Morgan fingerprint density at radius 3 is 2.00 bits per heavy atom. The van der Waals surface area contributed by atoms with Gasteiger partial charge in [-0.15, -0.1) is 0 Å². The molecule has 0 aromatic heterocycles. The zero-order valence-electron chi connectivity index (χ0n) is 21.2. The van der Waals surface area contributed by atoms with Crippen LogP contribution in [0.15, 0.2) is 101 Å². The number of rotatable bonds is 9. The van der Waals surface area contributed by atoms with Gasteiger partial charge in [0.05, 0.1) is 32.9 Å². The number of ether oxygens (including phenoxy) is 1. The molecule has 210 valence electrons. The number of para-hydroxylation sites is 1. The molecule has 0 saturated heterocycles. The number of hydrogen-bond donors (Lipinski definition) is 2. The number of nitrogens with one attached hydrogen (secondary N) is 2. The Morgan fingerprint density at radius 1 is 0.786 bits per heavy atom. The first-order valence-electron chi connectivity index (χ1n) is 11.9. The summed E-state index contributed by atoms with van der Waals surface area (Å²) < 4.78 is 6.07. The highest BCUT2D eigenvalue weighted by atomic mass is 79.9. The summed E-state index contributed by atoms with van der Waals surface area (Å²) in [6.07, 6.45) is 1.25. The van der Waals surface area contributed by atoms with Gasteiger partial charge in [0.1, 0.15) is 5.75 Å². The number of benzene rings is 4. The summed E-state index contributed by atoms with van der Waals surface area (Å²) in [5.74, 6) is -1.90. The van der Waals surface area contributed by atoms with Crippen molar-refractivity contribution in [2.45, 2.75) is 0 Å². The van der Waals surface area contributed by atoms with Gasteiger partial charge in [0.15, 0.2) is 0 Å². The van der Waals surface area contributed by atoms with Crippen molar-refractivity contribution in [2.24, 2.45) is 5.10 Å². The van der Waals surface area contributed by atoms with Crippen LogP contribution in [0, 0.1) is 20.2 Å². The van der Waals surface area contributed by atoms with Gasteiger partial charge < -0.3 is 10.1 Å². The summed E-state index contributed by atoms with van der Waals surface area (Å²) in [6, 6.07) is 20.8. The van der Waals surface area contributed by atoms with E-state index < -0.39 is 27.6 Å². The predicted molar refractivity (Wildman–Crippen MR) is 155 cm³/mol. The van der Waals surface area contributed by atoms with E-state index in [-0.39, 0.29) is 39.5 Å². The lowest BCUT2D eigenvalue weighted by Crippen LogP contribution is -2.21. The van der Waals surface area contributed by atoms with Gasteiger partial charge in [-0.05, 0) is 54.6 Å². The van der Waals surface area contributed by atoms with Crippen molar-refractivity contribution in [3.63, 3.8) is 0 Å². The molecule has 4 aromatic carbocycles. The highest BCUT2D eigenvalue weighted by Gasteiger charge is 2.16. The molecule has 0 heterocycles. The maximum atomic E-state index is 12.9. The molecule has 0 saturated carbocycles. The van der Waals surface area contributed by atoms with Crippen molar-refractivity contribution in [1.82, 2.24) is 5.43 Å². The molecule has 0 unspecified atom stereocenters. The van der Waals surface area contributed by atoms with Gasteiger partial charge in [0.25, 0.3) is 23.2 Å². The van der Waals surface area contributed by atoms with Crippen LogP contribution in [-0.2, 0) is 0 Å². The number of carbonyl (C=O) groups excluding carboxylic acids is 3. The third kappa shape index (κ3) is 7.25. The summed E-state index contributed by atoms with van der Waals surface area (Å²) in [5.41, 5.74) is 2.83. The van der Waals surface area contributed by atoms with E-state index in [0.29, 0.717) is 10.0 Å². The van der Waals surface area contributed by atoms with Crippen LogP contribution in [-0.4, -0.2) is 33.8 Å². The first kappa shape index (κ1) is 29.2. The molecule has 0 aliphatic carbocycles. The number of hydrazone groups is 1. The number of nitrogens with zero attached hydrogens (tertiary/aromatic N) is 3. The third-order valence-corrected chi connectivity index (χ3v) is 6.11. The quantitative estimate of drug-likeness (QED) is 0.0797. The summed E-state index contributed by atoms with van der Waals surface area (Å²) in [5, 5.41) is 28.2. The molecule has 2 amide bonds. The summed E-state index contributed by atoms with van der Waals surface area (Å²) >= 11 is 3.32. The molecule has 0 fully saturated rings. The predicted octanol–water partition coefficient (Wildman–Crippen LogP) is 5.50. The SMILES string of the molecule is O=C(Nc1ccccc1C(=O)N/N=C\c1cc(Br)ccc1OC(=O)c1ccc([N+](=O)[O-])cc1)c1ccc([N+](=O)[O-])cc1. The number of anilines is 1. The van der Waals surface area contributed by atoms with E-state index in [1.54, 1.807) is 24.3 Å². The average molecular weight is 632 g/mol. The second-order valence-corrected chi connectivity index (χ2v) is 9.29. The molecule has 0 spiro atoms. The zero-order chi connectivity index (χ0) is 30.2. The van der Waals surface area contributed by atoms with Gasteiger partial charge in [-0.2, -0.15) is 5.10 Å². The third-order valence-electron chi connectivity index (χ3n) is 5.62. The van der Waals surface area contributed by atoms with E-state index in [1.807, 2.05) is 0 Å². The van der Waals surface area contributed by atoms with Crippen molar-refractivity contribution >= 4 is 57.0 Å². The number of esters is 1. The Labute approximate surface area is 245 Å². The first-order valence-corrected chi connectivity index (χ1v) is 12.7. The monoisotopic (exact) mass is 631 g/mol. The van der Waals surface area contributed by atoms with Crippen molar-refractivity contribution in [3.8, 4) is 5.75 Å². The Hall–Kier alpha value is -5.76. The van der Waals surface area contributed by atoms with E-state index in [9.17, 15) is 34.6 Å². The topological polar surface area (TPSA) is 183 Å². The maximum Gasteiger partial charge on any atom is 0.343 e. The number of amides is 2. The van der Waals surface area contributed by atoms with Crippen LogP contribution in [0.3, 0.4) is 0 Å². The van der Waals surface area contributed by atoms with E-state index >= 15 is 0 Å². The molecular formula is C28H18BrN5O8. The minimum absolute atomic E-state index is 0.0870. The number of carbonyl (C=O) groups is 3. The second-order valence-electron chi connectivity index (χ2n) is 8.38. The van der Waals surface area contributed by atoms with Gasteiger partial charge in [-0.3, -0.25) is 29.8 Å². The Balaban J connectivity index is 1.46. The van der Waals surface area contributed by atoms with E-state index in [0.717, 1.165) is 0 Å². The van der Waals surface area contributed by atoms with Gasteiger partial charge in [-0.25, -0.2) is 10.2 Å². The Bertz CT molecular complexity index is 1720. The molecule has 0 radical (unpaired) electrons. The van der Waals surface area contributed by atoms with Crippen molar-refractivity contribution in [2.75, 3.05) is 5.32 Å². The molecule has 13 nitrogen and oxygen atoms in total. The normalized spacial score (nSPS) is 10.6. The standard InChI is InChI=1S/C28H18BrN5O8/c29-20-9-14-25(42-28(37)18-7-12-22(13-8-18)34(40)41)19(15-20)16-30-32-27(36)23-3-1-2-4-24(23)31-26(35)17-5-10-21(11-6-17)33(38)39/h1-16H,(H,31,35)(H,32,36)/b30-16-. The number of non-ortho nitro benzene ring substituents is 2. The molecule has 0 atom stereocenters. The molecule has 0 aliphatic heterocycles. The van der Waals surface area contributed by atoms with Crippen molar-refractivity contribution in [3.05, 3.63) is 138 Å². The lowest BCUT2D eigenvalue weighted by atomic mass is 10.1. The van der Waals surface area contributed by atoms with Crippen LogP contribution in [0.5, 0.6) is 5.75 Å². The summed E-state index contributed by atoms with van der Waals surface area (Å²) in [6.45, 7) is 0. The fourth-order valence-electron chi connectivity index (χ4n) is 3.53. The summed E-state index contributed by atoms with van der Waals surface area (Å²) in [7, 11) is 0. The number of halogens is 1. The van der Waals surface area contributed by atoms with Crippen LogP contribution >= 0.6 is 15.9 Å². The largest absolute Gasteiger partial charge is 0.422 e. The van der Waals surface area contributed by atoms with E-state index in [2.05, 4.69) is 31.8 Å². The molecular weight excluding hydrogens is 614 g/mol. The zero-order valence-corrected chi connectivity index (χ0v) is 22.8. The maximum absolute atomic E-state index is 12.9. The minimum Gasteiger partial charge on any atom is -0.422 e. The Morgan fingerprint density at radius 2 is 1.38 bits per heavy atom. The molecule has 4 rings (SSSR count).